The summed E-state index contributed by atoms with van der Waals surface area (Å²) in [6.07, 6.45) is 0. The molecule has 0 aliphatic heterocycles. The average Bonchev–Trinajstić information content (AvgIpc) is 2.15. The van der Waals surface area contributed by atoms with E-state index >= 15 is 0 Å². The van der Waals surface area contributed by atoms with Crippen LogP contribution in [0.2, 0.25) is 0 Å². The fourth-order valence-electron chi connectivity index (χ4n) is 1.19. The van der Waals surface area contributed by atoms with Gasteiger partial charge in [-0.15, -0.1) is 11.6 Å². The van der Waals surface area contributed by atoms with Crippen LogP contribution < -0.4 is 5.32 Å². The lowest BCUT2D eigenvalue weighted by molar-refractivity contribution is 0.0911. The Balaban J connectivity index is 2.91. The first-order chi connectivity index (χ1) is 7.72. The molecule has 0 bridgehead atoms. The fraction of sp³-hybridized carbons (Fsp3) is 0.417. The van der Waals surface area contributed by atoms with Gasteiger partial charge in [0.15, 0.2) is 0 Å². The van der Waals surface area contributed by atoms with Crippen molar-refractivity contribution in [2.45, 2.75) is 31.7 Å². The zero-order valence-corrected chi connectivity index (χ0v) is 10.7. The molecule has 1 rings (SSSR count). The summed E-state index contributed by atoms with van der Waals surface area (Å²) in [7, 11) is 0. The van der Waals surface area contributed by atoms with Crippen LogP contribution in [0.5, 0.6) is 11.5 Å². The minimum Gasteiger partial charge on any atom is -0.508 e. The number of rotatable bonds is 3. The number of phenols is 2. The average molecular weight is 258 g/mol. The van der Waals surface area contributed by atoms with Gasteiger partial charge in [-0.2, -0.15) is 0 Å². The van der Waals surface area contributed by atoms with E-state index in [1.54, 1.807) is 20.8 Å². The molecule has 1 atom stereocenters. The number of nitrogens with one attached hydrogen (secondary N) is 1. The highest BCUT2D eigenvalue weighted by Crippen LogP contribution is 2.21. The first-order valence-electron chi connectivity index (χ1n) is 5.22. The van der Waals surface area contributed by atoms with Gasteiger partial charge in [-0.3, -0.25) is 4.79 Å². The number of halogens is 1. The molecule has 0 radical (unpaired) electrons. The predicted octanol–water partition coefficient (Wildman–Crippen LogP) is 2.23. The van der Waals surface area contributed by atoms with E-state index in [-0.39, 0.29) is 22.4 Å². The van der Waals surface area contributed by atoms with Crippen LogP contribution in [0.1, 0.15) is 31.1 Å². The van der Waals surface area contributed by atoms with Crippen LogP contribution in [0.25, 0.3) is 0 Å². The van der Waals surface area contributed by atoms with Gasteiger partial charge in [-0.05, 0) is 32.9 Å². The van der Waals surface area contributed by atoms with Crippen molar-refractivity contribution in [3.05, 3.63) is 23.8 Å². The summed E-state index contributed by atoms with van der Waals surface area (Å²) in [6.45, 7) is 5.37. The van der Waals surface area contributed by atoms with Crippen LogP contribution in [0.15, 0.2) is 18.2 Å². The van der Waals surface area contributed by atoms with Crippen molar-refractivity contribution >= 4 is 17.5 Å². The predicted molar refractivity (Wildman–Crippen MR) is 66.6 cm³/mol. The van der Waals surface area contributed by atoms with Gasteiger partial charge in [0.2, 0.25) is 0 Å². The fourth-order valence-corrected chi connectivity index (χ4v) is 1.25. The lowest BCUT2D eigenvalue weighted by atomic mass is 10.0. The second-order valence-corrected chi connectivity index (χ2v) is 5.18. The number of benzene rings is 1. The maximum atomic E-state index is 11.9. The highest BCUT2D eigenvalue weighted by atomic mass is 35.5. The molecule has 94 valence electrons. The number of alkyl halides is 1. The van der Waals surface area contributed by atoms with Crippen LogP contribution in [0.3, 0.4) is 0 Å². The van der Waals surface area contributed by atoms with Crippen molar-refractivity contribution in [3.63, 3.8) is 0 Å². The van der Waals surface area contributed by atoms with Crippen LogP contribution >= 0.6 is 11.6 Å². The maximum Gasteiger partial charge on any atom is 0.252 e. The minimum atomic E-state index is -0.584. The van der Waals surface area contributed by atoms with Gasteiger partial charge in [0.25, 0.3) is 5.91 Å². The summed E-state index contributed by atoms with van der Waals surface area (Å²) >= 11 is 5.95. The maximum absolute atomic E-state index is 11.9. The minimum absolute atomic E-state index is 0.160. The summed E-state index contributed by atoms with van der Waals surface area (Å²) in [6, 6.07) is 3.72. The molecule has 1 amide bonds. The van der Waals surface area contributed by atoms with Crippen LogP contribution in [0.4, 0.5) is 0 Å². The van der Waals surface area contributed by atoms with E-state index in [1.165, 1.54) is 12.1 Å². The number of hydrogen-bond donors (Lipinski definition) is 3. The Hall–Kier alpha value is -1.42. The van der Waals surface area contributed by atoms with E-state index in [2.05, 4.69) is 5.32 Å². The number of phenolic OH excluding ortho intramolecular Hbond substituents is 2. The number of hydrogen-bond acceptors (Lipinski definition) is 3. The van der Waals surface area contributed by atoms with Crippen LogP contribution in [0, 0.1) is 0 Å². The number of carbonyl (C=O) groups is 1. The SMILES string of the molecule is CC(Cl)C(C)(C)NC(=O)c1cc(O)cc(O)c1. The number of carbonyl (C=O) groups excluding carboxylic acids is 1. The number of amides is 1. The van der Waals surface area contributed by atoms with E-state index in [1.807, 2.05) is 0 Å². The van der Waals surface area contributed by atoms with Gasteiger partial charge in [-0.25, -0.2) is 0 Å². The Morgan fingerprint density at radius 2 is 1.76 bits per heavy atom. The molecular weight excluding hydrogens is 242 g/mol. The monoisotopic (exact) mass is 257 g/mol. The van der Waals surface area contributed by atoms with Gasteiger partial charge >= 0.3 is 0 Å². The van der Waals surface area contributed by atoms with Crippen molar-refractivity contribution in [2.24, 2.45) is 0 Å². The molecule has 0 saturated heterocycles. The van der Waals surface area contributed by atoms with Gasteiger partial charge < -0.3 is 15.5 Å². The molecule has 0 heterocycles. The third kappa shape index (κ3) is 3.53. The third-order valence-corrected chi connectivity index (χ3v) is 3.14. The number of aromatic hydroxyl groups is 2. The third-order valence-electron chi connectivity index (χ3n) is 2.59. The quantitative estimate of drug-likeness (QED) is 0.728. The summed E-state index contributed by atoms with van der Waals surface area (Å²) < 4.78 is 0. The Labute approximate surface area is 105 Å². The molecule has 17 heavy (non-hydrogen) atoms. The van der Waals surface area contributed by atoms with E-state index in [0.717, 1.165) is 6.07 Å². The van der Waals surface area contributed by atoms with Crippen molar-refractivity contribution in [1.82, 2.24) is 5.32 Å². The second kappa shape index (κ2) is 4.84. The van der Waals surface area contributed by atoms with Gasteiger partial charge in [-0.1, -0.05) is 0 Å². The first kappa shape index (κ1) is 13.6. The van der Waals surface area contributed by atoms with Crippen molar-refractivity contribution in [1.29, 1.82) is 0 Å². The molecular formula is C12H16ClNO3. The molecule has 5 heteroatoms. The largest absolute Gasteiger partial charge is 0.508 e. The summed E-state index contributed by atoms with van der Waals surface area (Å²) in [5.41, 5.74) is -0.396. The van der Waals surface area contributed by atoms with Crippen molar-refractivity contribution < 1.29 is 15.0 Å². The van der Waals surface area contributed by atoms with E-state index in [9.17, 15) is 15.0 Å². The summed E-state index contributed by atoms with van der Waals surface area (Å²) in [4.78, 5) is 11.9. The van der Waals surface area contributed by atoms with Crippen molar-refractivity contribution in [3.8, 4) is 11.5 Å². The van der Waals surface area contributed by atoms with Gasteiger partial charge in [0, 0.05) is 11.6 Å². The Morgan fingerprint density at radius 3 is 2.18 bits per heavy atom. The molecule has 4 nitrogen and oxygen atoms in total. The summed E-state index contributed by atoms with van der Waals surface area (Å²) in [5, 5.41) is 21.0. The van der Waals surface area contributed by atoms with Gasteiger partial charge in [0.1, 0.15) is 11.5 Å². The van der Waals surface area contributed by atoms with Crippen LogP contribution in [-0.2, 0) is 0 Å². The highest BCUT2D eigenvalue weighted by molar-refractivity contribution is 6.21. The molecule has 1 aromatic rings. The molecule has 1 unspecified atom stereocenters. The smallest absolute Gasteiger partial charge is 0.252 e. The van der Waals surface area contributed by atoms with Crippen LogP contribution in [-0.4, -0.2) is 27.0 Å². The zero-order chi connectivity index (χ0) is 13.2. The Kier molecular flexibility index (Phi) is 3.88. The van der Waals surface area contributed by atoms with E-state index in [0.29, 0.717) is 0 Å². The van der Waals surface area contributed by atoms with Crippen molar-refractivity contribution in [2.75, 3.05) is 0 Å². The zero-order valence-electron chi connectivity index (χ0n) is 9.99. The normalized spacial score (nSPS) is 13.2. The molecule has 0 fully saturated rings. The van der Waals surface area contributed by atoms with Gasteiger partial charge in [0.05, 0.1) is 10.9 Å². The topological polar surface area (TPSA) is 69.6 Å². The molecule has 0 aromatic heterocycles. The van der Waals surface area contributed by atoms with E-state index in [4.69, 9.17) is 11.6 Å². The molecule has 0 aliphatic rings. The first-order valence-corrected chi connectivity index (χ1v) is 5.65. The van der Waals surface area contributed by atoms with E-state index < -0.39 is 11.4 Å². The highest BCUT2D eigenvalue weighted by Gasteiger charge is 2.26. The summed E-state index contributed by atoms with van der Waals surface area (Å²) in [5.74, 6) is -0.715. The molecule has 3 N–H and O–H groups in total. The Morgan fingerprint density at radius 1 is 1.29 bits per heavy atom. The molecule has 0 aliphatic carbocycles. The molecule has 0 saturated carbocycles. The standard InChI is InChI=1S/C12H16ClNO3/c1-7(13)12(2,3)14-11(17)8-4-9(15)6-10(16)5-8/h4-7,15-16H,1-3H3,(H,14,17). The second-order valence-electron chi connectivity index (χ2n) is 4.53. The lowest BCUT2D eigenvalue weighted by Gasteiger charge is -2.29. The molecule has 1 aromatic carbocycles. The lowest BCUT2D eigenvalue weighted by Crippen LogP contribution is -2.49. The molecule has 0 spiro atoms. The Bertz CT molecular complexity index is 410.